The van der Waals surface area contributed by atoms with E-state index in [-0.39, 0.29) is 17.7 Å². The van der Waals surface area contributed by atoms with E-state index in [1.54, 1.807) is 0 Å². The van der Waals surface area contributed by atoms with Gasteiger partial charge in [0.25, 0.3) is 5.91 Å². The summed E-state index contributed by atoms with van der Waals surface area (Å²) in [6.07, 6.45) is 5.31. The molecule has 2 atom stereocenters. The Labute approximate surface area is 195 Å². The van der Waals surface area contributed by atoms with Crippen molar-refractivity contribution in [3.05, 3.63) is 35.0 Å². The van der Waals surface area contributed by atoms with Gasteiger partial charge in [0.1, 0.15) is 5.69 Å². The summed E-state index contributed by atoms with van der Waals surface area (Å²) in [5, 5.41) is 4.76. The fourth-order valence-electron chi connectivity index (χ4n) is 5.14. The zero-order chi connectivity index (χ0) is 22.7. The van der Waals surface area contributed by atoms with Crippen LogP contribution in [0.3, 0.4) is 0 Å². The van der Waals surface area contributed by atoms with Gasteiger partial charge >= 0.3 is 0 Å². The third-order valence-electron chi connectivity index (χ3n) is 7.39. The lowest BCUT2D eigenvalue weighted by molar-refractivity contribution is -0.126. The topological polar surface area (TPSA) is 68.4 Å². The summed E-state index contributed by atoms with van der Waals surface area (Å²) in [5.41, 5.74) is 1.51. The van der Waals surface area contributed by atoms with Crippen LogP contribution in [-0.2, 0) is 4.79 Å². The summed E-state index contributed by atoms with van der Waals surface area (Å²) < 4.78 is 0. The van der Waals surface area contributed by atoms with Gasteiger partial charge < -0.3 is 20.1 Å². The Morgan fingerprint density at radius 1 is 1.12 bits per heavy atom. The average Bonchev–Trinajstić information content (AvgIpc) is 3.48. The van der Waals surface area contributed by atoms with Crippen LogP contribution in [0.4, 0.5) is 0 Å². The second kappa shape index (κ2) is 10.3. The highest BCUT2D eigenvalue weighted by molar-refractivity contribution is 6.31. The number of aromatic nitrogens is 1. The molecule has 6 nitrogen and oxygen atoms in total. The Morgan fingerprint density at radius 2 is 1.84 bits per heavy atom. The number of halogens is 1. The number of hydrogen-bond acceptors (Lipinski definition) is 3. The van der Waals surface area contributed by atoms with E-state index in [4.69, 9.17) is 11.6 Å². The van der Waals surface area contributed by atoms with Crippen molar-refractivity contribution in [2.24, 2.45) is 11.8 Å². The molecule has 1 aromatic carbocycles. The lowest BCUT2D eigenvalue weighted by Crippen LogP contribution is -2.43. The highest BCUT2D eigenvalue weighted by Gasteiger charge is 2.30. The van der Waals surface area contributed by atoms with E-state index in [0.717, 1.165) is 36.7 Å². The van der Waals surface area contributed by atoms with Crippen molar-refractivity contribution in [3.8, 4) is 0 Å². The Balaban J connectivity index is 1.23. The first-order valence-corrected chi connectivity index (χ1v) is 12.4. The smallest absolute Gasteiger partial charge is 0.270 e. The quantitative estimate of drug-likeness (QED) is 0.649. The molecule has 2 aliphatic rings. The summed E-state index contributed by atoms with van der Waals surface area (Å²) in [7, 11) is 0. The zero-order valence-electron chi connectivity index (χ0n) is 19.2. The summed E-state index contributed by atoms with van der Waals surface area (Å²) in [5.74, 6) is 0.459. The average molecular weight is 459 g/mol. The van der Waals surface area contributed by atoms with E-state index in [0.29, 0.717) is 35.8 Å². The molecule has 0 bridgehead atoms. The minimum Gasteiger partial charge on any atom is -0.356 e. The van der Waals surface area contributed by atoms with Gasteiger partial charge in [0.05, 0.1) is 0 Å². The van der Waals surface area contributed by atoms with E-state index in [1.807, 2.05) is 36.1 Å². The van der Waals surface area contributed by atoms with Gasteiger partial charge in [-0.25, -0.2) is 0 Å². The normalized spacial score (nSPS) is 19.9. The minimum absolute atomic E-state index is 0.0174. The maximum absolute atomic E-state index is 13.0. The standard InChI is InChI=1S/C25H35ClN4O2/c1-17(29-11-3-4-12-29)7-10-27-24(31)18(2)19-8-13-30(14-9-19)25(32)23-16-20-15-21(26)5-6-22(20)28-23/h5-6,15-19,28H,3-4,7-14H2,1-2H3,(H,27,31)/t17-,18+/m0/s1. The molecule has 174 valence electrons. The number of H-pyrrole nitrogens is 1. The van der Waals surface area contributed by atoms with Crippen LogP contribution in [0.15, 0.2) is 24.3 Å². The molecule has 2 aromatic rings. The number of nitrogens with zero attached hydrogens (tertiary/aromatic N) is 2. The summed E-state index contributed by atoms with van der Waals surface area (Å²) in [4.78, 5) is 33.3. The van der Waals surface area contributed by atoms with E-state index in [9.17, 15) is 9.59 Å². The second-order valence-corrected chi connectivity index (χ2v) is 9.94. The predicted octanol–water partition coefficient (Wildman–Crippen LogP) is 4.30. The number of carbonyl (C=O) groups excluding carboxylic acids is 2. The number of benzene rings is 1. The molecular weight excluding hydrogens is 424 g/mol. The Morgan fingerprint density at radius 3 is 2.56 bits per heavy atom. The van der Waals surface area contributed by atoms with Gasteiger partial charge in [0, 0.05) is 47.5 Å². The van der Waals surface area contributed by atoms with Crippen LogP contribution >= 0.6 is 11.6 Å². The molecule has 0 saturated carbocycles. The van der Waals surface area contributed by atoms with E-state index >= 15 is 0 Å². The van der Waals surface area contributed by atoms with Gasteiger partial charge in [0.2, 0.25) is 5.91 Å². The van der Waals surface area contributed by atoms with Crippen molar-refractivity contribution in [1.82, 2.24) is 20.1 Å². The van der Waals surface area contributed by atoms with Crippen LogP contribution in [0.1, 0.15) is 56.4 Å². The predicted molar refractivity (Wildman–Crippen MR) is 129 cm³/mol. The van der Waals surface area contributed by atoms with Gasteiger partial charge in [-0.3, -0.25) is 9.59 Å². The molecule has 2 saturated heterocycles. The van der Waals surface area contributed by atoms with Crippen molar-refractivity contribution in [2.45, 2.75) is 52.0 Å². The number of aromatic amines is 1. The lowest BCUT2D eigenvalue weighted by Gasteiger charge is -2.34. The highest BCUT2D eigenvalue weighted by Crippen LogP contribution is 2.27. The molecule has 4 rings (SSSR count). The largest absolute Gasteiger partial charge is 0.356 e. The maximum Gasteiger partial charge on any atom is 0.270 e. The number of fused-ring (bicyclic) bond motifs is 1. The second-order valence-electron chi connectivity index (χ2n) is 9.50. The third-order valence-corrected chi connectivity index (χ3v) is 7.62. The van der Waals surface area contributed by atoms with Crippen LogP contribution in [0.5, 0.6) is 0 Å². The minimum atomic E-state index is -0.0236. The molecule has 32 heavy (non-hydrogen) atoms. The first kappa shape index (κ1) is 23.1. The first-order valence-electron chi connectivity index (χ1n) is 12.0. The Hall–Kier alpha value is -2.05. The number of nitrogens with one attached hydrogen (secondary N) is 2. The summed E-state index contributed by atoms with van der Waals surface area (Å²) in [6.45, 7) is 8.78. The fraction of sp³-hybridized carbons (Fsp3) is 0.600. The maximum atomic E-state index is 13.0. The van der Waals surface area contributed by atoms with E-state index < -0.39 is 0 Å². The number of carbonyl (C=O) groups is 2. The van der Waals surface area contributed by atoms with Gasteiger partial charge in [-0.2, -0.15) is 0 Å². The molecule has 0 spiro atoms. The van der Waals surface area contributed by atoms with Crippen molar-refractivity contribution < 1.29 is 9.59 Å². The van der Waals surface area contributed by atoms with E-state index in [1.165, 1.54) is 25.9 Å². The Kier molecular flexibility index (Phi) is 7.41. The van der Waals surface area contributed by atoms with Crippen LogP contribution < -0.4 is 5.32 Å². The SMILES string of the molecule is C[C@@H](C(=O)NCC[C@H](C)N1CCCC1)C1CCN(C(=O)c2cc3cc(Cl)ccc3[nH]2)CC1. The number of piperidine rings is 1. The third kappa shape index (κ3) is 5.29. The molecular formula is C25H35ClN4O2. The monoisotopic (exact) mass is 458 g/mol. The van der Waals surface area contributed by atoms with Crippen molar-refractivity contribution in [1.29, 1.82) is 0 Å². The first-order chi connectivity index (χ1) is 15.4. The van der Waals surface area contributed by atoms with Gasteiger partial charge in [-0.1, -0.05) is 18.5 Å². The number of likely N-dealkylation sites (tertiary alicyclic amines) is 2. The van der Waals surface area contributed by atoms with Crippen LogP contribution in [0.2, 0.25) is 5.02 Å². The molecule has 1 aromatic heterocycles. The Bertz CT molecular complexity index is 945. The van der Waals surface area contributed by atoms with Gasteiger partial charge in [-0.05, 0) is 82.3 Å². The molecule has 2 aliphatic heterocycles. The molecule has 0 unspecified atom stereocenters. The van der Waals surface area contributed by atoms with Crippen LogP contribution in [0.25, 0.3) is 10.9 Å². The zero-order valence-corrected chi connectivity index (χ0v) is 20.0. The molecule has 0 radical (unpaired) electrons. The van der Waals surface area contributed by atoms with Crippen molar-refractivity contribution in [2.75, 3.05) is 32.7 Å². The molecule has 2 amide bonds. The number of rotatable bonds is 7. The van der Waals surface area contributed by atoms with Crippen molar-refractivity contribution >= 4 is 34.3 Å². The van der Waals surface area contributed by atoms with Crippen LogP contribution in [0, 0.1) is 11.8 Å². The molecule has 7 heteroatoms. The van der Waals surface area contributed by atoms with Gasteiger partial charge in [-0.15, -0.1) is 0 Å². The fourth-order valence-corrected chi connectivity index (χ4v) is 5.32. The van der Waals surface area contributed by atoms with Crippen LogP contribution in [-0.4, -0.2) is 65.4 Å². The summed E-state index contributed by atoms with van der Waals surface area (Å²) in [6, 6.07) is 7.98. The molecule has 2 fully saturated rings. The lowest BCUT2D eigenvalue weighted by atomic mass is 9.84. The summed E-state index contributed by atoms with van der Waals surface area (Å²) >= 11 is 6.06. The molecule has 0 aliphatic carbocycles. The van der Waals surface area contributed by atoms with Gasteiger partial charge in [0.15, 0.2) is 0 Å². The molecule has 2 N–H and O–H groups in total. The van der Waals surface area contributed by atoms with Crippen molar-refractivity contribution in [3.63, 3.8) is 0 Å². The highest BCUT2D eigenvalue weighted by atomic mass is 35.5. The van der Waals surface area contributed by atoms with E-state index in [2.05, 4.69) is 22.1 Å². The molecule has 3 heterocycles. The number of hydrogen-bond donors (Lipinski definition) is 2. The number of amides is 2.